The molecule has 7 nitrogen and oxygen atoms in total. The molecule has 146 valence electrons. The molecule has 0 N–H and O–H groups in total. The lowest BCUT2D eigenvalue weighted by Crippen LogP contribution is -2.50. The highest BCUT2D eigenvalue weighted by Gasteiger charge is 2.40. The Balaban J connectivity index is 1.65. The van der Waals surface area contributed by atoms with Crippen molar-refractivity contribution in [3.8, 4) is 0 Å². The number of hydroxylamine groups is 2. The van der Waals surface area contributed by atoms with Gasteiger partial charge in [-0.1, -0.05) is 19.1 Å². The van der Waals surface area contributed by atoms with Crippen molar-refractivity contribution in [2.75, 3.05) is 6.54 Å². The van der Waals surface area contributed by atoms with Crippen molar-refractivity contribution in [3.63, 3.8) is 0 Å². The summed E-state index contributed by atoms with van der Waals surface area (Å²) in [6, 6.07) is 6.63. The smallest absolute Gasteiger partial charge is 0.410 e. The van der Waals surface area contributed by atoms with Gasteiger partial charge in [-0.25, -0.2) is 4.79 Å². The van der Waals surface area contributed by atoms with Gasteiger partial charge in [0.2, 0.25) is 0 Å². The van der Waals surface area contributed by atoms with E-state index in [1.807, 2.05) is 27.7 Å². The number of fused-ring (bicyclic) bond motifs is 1. The number of carbonyl (C=O) groups is 3. The molecule has 0 spiro atoms. The van der Waals surface area contributed by atoms with Gasteiger partial charge in [-0.15, -0.1) is 5.06 Å². The maximum absolute atomic E-state index is 12.5. The normalized spacial score (nSPS) is 22.8. The highest BCUT2D eigenvalue weighted by atomic mass is 16.7. The minimum Gasteiger partial charge on any atom is -0.444 e. The molecule has 1 aromatic carbocycles. The summed E-state index contributed by atoms with van der Waals surface area (Å²) in [5, 5.41) is 0.866. The Bertz CT molecular complexity index is 720. The number of piperidine rings is 1. The fourth-order valence-electron chi connectivity index (χ4n) is 3.47. The first-order valence-electron chi connectivity index (χ1n) is 9.35. The number of rotatable bonds is 3. The molecule has 27 heavy (non-hydrogen) atoms. The van der Waals surface area contributed by atoms with Crippen molar-refractivity contribution in [1.29, 1.82) is 0 Å². The van der Waals surface area contributed by atoms with E-state index in [1.54, 1.807) is 29.2 Å². The molecule has 2 aliphatic rings. The molecule has 1 saturated heterocycles. The molecule has 2 aliphatic heterocycles. The van der Waals surface area contributed by atoms with E-state index < -0.39 is 17.4 Å². The van der Waals surface area contributed by atoms with Crippen LogP contribution >= 0.6 is 0 Å². The average molecular weight is 374 g/mol. The molecule has 3 rings (SSSR count). The molecule has 7 heteroatoms. The van der Waals surface area contributed by atoms with Gasteiger partial charge < -0.3 is 9.64 Å². The molecule has 0 aliphatic carbocycles. The molecule has 0 unspecified atom stereocenters. The van der Waals surface area contributed by atoms with E-state index >= 15 is 0 Å². The topological polar surface area (TPSA) is 76.2 Å². The third kappa shape index (κ3) is 3.98. The number of hydrogen-bond acceptors (Lipinski definition) is 5. The molecule has 0 aromatic heterocycles. The van der Waals surface area contributed by atoms with E-state index in [4.69, 9.17) is 9.57 Å². The van der Waals surface area contributed by atoms with Crippen LogP contribution < -0.4 is 0 Å². The predicted octanol–water partition coefficient (Wildman–Crippen LogP) is 3.39. The van der Waals surface area contributed by atoms with Crippen LogP contribution in [-0.2, 0) is 9.57 Å². The first-order chi connectivity index (χ1) is 12.7. The zero-order valence-corrected chi connectivity index (χ0v) is 16.2. The molecule has 2 heterocycles. The highest BCUT2D eigenvalue weighted by Crippen LogP contribution is 2.29. The van der Waals surface area contributed by atoms with Gasteiger partial charge >= 0.3 is 6.09 Å². The van der Waals surface area contributed by atoms with Crippen molar-refractivity contribution >= 4 is 17.9 Å². The Labute approximate surface area is 159 Å². The maximum Gasteiger partial charge on any atom is 0.410 e. The quantitative estimate of drug-likeness (QED) is 0.758. The van der Waals surface area contributed by atoms with E-state index in [9.17, 15) is 14.4 Å². The summed E-state index contributed by atoms with van der Waals surface area (Å²) in [7, 11) is 0. The summed E-state index contributed by atoms with van der Waals surface area (Å²) < 4.78 is 5.48. The first kappa shape index (κ1) is 19.4. The zero-order valence-electron chi connectivity index (χ0n) is 16.2. The van der Waals surface area contributed by atoms with Crippen LogP contribution in [0.1, 0.15) is 67.7 Å². The molecule has 0 saturated carbocycles. The lowest BCUT2D eigenvalue weighted by Gasteiger charge is -2.39. The minimum atomic E-state index is -0.553. The highest BCUT2D eigenvalue weighted by molar-refractivity contribution is 6.20. The van der Waals surface area contributed by atoms with E-state index in [0.29, 0.717) is 30.5 Å². The Kier molecular flexibility index (Phi) is 5.24. The Hall–Kier alpha value is -2.41. The number of carbonyl (C=O) groups excluding carboxylic acids is 3. The third-order valence-corrected chi connectivity index (χ3v) is 4.78. The third-order valence-electron chi connectivity index (χ3n) is 4.78. The van der Waals surface area contributed by atoms with Gasteiger partial charge in [0.15, 0.2) is 0 Å². The average Bonchev–Trinajstić information content (AvgIpc) is 2.85. The first-order valence-corrected chi connectivity index (χ1v) is 9.35. The largest absolute Gasteiger partial charge is 0.444 e. The van der Waals surface area contributed by atoms with Crippen LogP contribution in [0.2, 0.25) is 0 Å². The second-order valence-electron chi connectivity index (χ2n) is 7.94. The van der Waals surface area contributed by atoms with Crippen LogP contribution in [0.5, 0.6) is 0 Å². The number of imide groups is 1. The molecule has 3 amide bonds. The molecule has 2 atom stereocenters. The fraction of sp³-hybridized carbons (Fsp3) is 0.550. The second kappa shape index (κ2) is 7.31. The van der Waals surface area contributed by atoms with Gasteiger partial charge in [0.05, 0.1) is 17.2 Å². The van der Waals surface area contributed by atoms with Gasteiger partial charge in [-0.3, -0.25) is 14.4 Å². The number of hydrogen-bond donors (Lipinski definition) is 0. The van der Waals surface area contributed by atoms with Gasteiger partial charge in [-0.2, -0.15) is 0 Å². The van der Waals surface area contributed by atoms with Crippen LogP contribution in [0.25, 0.3) is 0 Å². The summed E-state index contributed by atoms with van der Waals surface area (Å²) >= 11 is 0. The molecule has 0 radical (unpaired) electrons. The van der Waals surface area contributed by atoms with Crippen LogP contribution in [0.3, 0.4) is 0 Å². The van der Waals surface area contributed by atoms with Gasteiger partial charge in [-0.05, 0) is 52.2 Å². The van der Waals surface area contributed by atoms with Crippen molar-refractivity contribution in [2.24, 2.45) is 0 Å². The van der Waals surface area contributed by atoms with Crippen molar-refractivity contribution < 1.29 is 24.0 Å². The van der Waals surface area contributed by atoms with E-state index in [1.165, 1.54) is 0 Å². The Morgan fingerprint density at radius 1 is 1.15 bits per heavy atom. The number of likely N-dealkylation sites (tertiary alicyclic amines) is 1. The number of ether oxygens (including phenoxy) is 1. The molecule has 1 aromatic rings. The number of amides is 3. The minimum absolute atomic E-state index is 0.0613. The monoisotopic (exact) mass is 374 g/mol. The maximum atomic E-state index is 12.5. The lowest BCUT2D eigenvalue weighted by molar-refractivity contribution is -0.151. The summed E-state index contributed by atoms with van der Waals surface area (Å²) in [5.74, 6) is -0.864. The summed E-state index contributed by atoms with van der Waals surface area (Å²) in [6.07, 6.45) is 1.16. The number of nitrogens with zero attached hydrogens (tertiary/aromatic N) is 2. The van der Waals surface area contributed by atoms with Gasteiger partial charge in [0, 0.05) is 12.6 Å². The lowest BCUT2D eigenvalue weighted by atomic mass is 9.98. The van der Waals surface area contributed by atoms with E-state index in [2.05, 4.69) is 0 Å². The predicted molar refractivity (Wildman–Crippen MR) is 98.1 cm³/mol. The number of benzene rings is 1. The zero-order chi connectivity index (χ0) is 19.8. The van der Waals surface area contributed by atoms with Crippen molar-refractivity contribution in [3.05, 3.63) is 35.4 Å². The fourth-order valence-corrected chi connectivity index (χ4v) is 3.47. The Morgan fingerprint density at radius 2 is 1.74 bits per heavy atom. The van der Waals surface area contributed by atoms with E-state index in [0.717, 1.165) is 11.5 Å². The molecule has 1 fully saturated rings. The van der Waals surface area contributed by atoms with Gasteiger partial charge in [0.25, 0.3) is 11.8 Å². The summed E-state index contributed by atoms with van der Waals surface area (Å²) in [4.78, 5) is 44.8. The van der Waals surface area contributed by atoms with Gasteiger partial charge in [0.1, 0.15) is 5.60 Å². The second-order valence-corrected chi connectivity index (χ2v) is 7.94. The summed E-state index contributed by atoms with van der Waals surface area (Å²) in [6.45, 7) is 7.96. The SMILES string of the molecule is CC[C@@H]1C[C@H](ON2C(=O)c3ccccc3C2=O)CCN1C(=O)OC(C)(C)C. The van der Waals surface area contributed by atoms with Crippen LogP contribution in [-0.4, -0.2) is 52.2 Å². The molecular formula is C20H26N2O5. The van der Waals surface area contributed by atoms with Crippen molar-refractivity contribution in [1.82, 2.24) is 9.96 Å². The summed E-state index contributed by atoms with van der Waals surface area (Å²) in [5.41, 5.74) is 0.171. The molecule has 0 bridgehead atoms. The van der Waals surface area contributed by atoms with Crippen molar-refractivity contribution in [2.45, 2.75) is 64.7 Å². The standard InChI is InChI=1S/C20H26N2O5/c1-5-13-12-14(10-11-21(13)19(25)26-20(2,3)4)27-22-17(23)15-8-6-7-9-16(15)18(22)24/h6-9,13-14H,5,10-12H2,1-4H3/t13-,14-/m1/s1. The van der Waals surface area contributed by atoms with E-state index in [-0.39, 0.29) is 18.2 Å². The molecular weight excluding hydrogens is 348 g/mol. The Morgan fingerprint density at radius 3 is 2.26 bits per heavy atom. The van der Waals surface area contributed by atoms with Crippen LogP contribution in [0.4, 0.5) is 4.79 Å². The van der Waals surface area contributed by atoms with Crippen LogP contribution in [0, 0.1) is 0 Å². The van der Waals surface area contributed by atoms with Crippen LogP contribution in [0.15, 0.2) is 24.3 Å².